The van der Waals surface area contributed by atoms with E-state index in [4.69, 9.17) is 0 Å². The standard InChI is InChI=1S/C16H16N4/c1-3-9-20-11-12(2)18-16(20)19-15-6-4-5-13-7-8-17-10-14(13)15/h3-8,10-11H,1,9H2,2H3,(H,18,19). The van der Waals surface area contributed by atoms with Crippen molar-refractivity contribution >= 4 is 22.4 Å². The second kappa shape index (κ2) is 5.17. The van der Waals surface area contributed by atoms with Gasteiger partial charge in [-0.05, 0) is 24.4 Å². The van der Waals surface area contributed by atoms with Gasteiger partial charge in [0.15, 0.2) is 0 Å². The Balaban J connectivity index is 2.03. The summed E-state index contributed by atoms with van der Waals surface area (Å²) in [6, 6.07) is 8.14. The van der Waals surface area contributed by atoms with Gasteiger partial charge in [-0.3, -0.25) is 4.98 Å². The van der Waals surface area contributed by atoms with Gasteiger partial charge in [-0.15, -0.1) is 6.58 Å². The highest BCUT2D eigenvalue weighted by atomic mass is 15.2. The molecule has 0 unspecified atom stereocenters. The fourth-order valence-corrected chi connectivity index (χ4v) is 2.27. The molecule has 0 atom stereocenters. The first kappa shape index (κ1) is 12.4. The Morgan fingerprint density at radius 3 is 3.10 bits per heavy atom. The number of allylic oxidation sites excluding steroid dienone is 1. The van der Waals surface area contributed by atoms with E-state index in [-0.39, 0.29) is 0 Å². The van der Waals surface area contributed by atoms with E-state index in [1.54, 1.807) is 6.20 Å². The lowest BCUT2D eigenvalue weighted by molar-refractivity contribution is 0.832. The highest BCUT2D eigenvalue weighted by Crippen LogP contribution is 2.25. The minimum Gasteiger partial charge on any atom is -0.325 e. The number of pyridine rings is 1. The molecule has 1 aromatic carbocycles. The number of fused-ring (bicyclic) bond motifs is 1. The van der Waals surface area contributed by atoms with Gasteiger partial charge in [-0.1, -0.05) is 18.2 Å². The van der Waals surface area contributed by atoms with Crippen LogP contribution in [0.3, 0.4) is 0 Å². The number of aromatic nitrogens is 3. The lowest BCUT2D eigenvalue weighted by Gasteiger charge is -2.10. The maximum absolute atomic E-state index is 4.52. The first-order chi connectivity index (χ1) is 9.78. The largest absolute Gasteiger partial charge is 0.325 e. The van der Waals surface area contributed by atoms with Crippen LogP contribution in [0.5, 0.6) is 0 Å². The van der Waals surface area contributed by atoms with Crippen molar-refractivity contribution in [3.8, 4) is 0 Å². The predicted octanol–water partition coefficient (Wildman–Crippen LogP) is 3.67. The summed E-state index contributed by atoms with van der Waals surface area (Å²) in [5, 5.41) is 5.63. The molecule has 0 radical (unpaired) electrons. The van der Waals surface area contributed by atoms with E-state index in [0.29, 0.717) is 0 Å². The van der Waals surface area contributed by atoms with Gasteiger partial charge < -0.3 is 9.88 Å². The molecule has 3 rings (SSSR count). The van der Waals surface area contributed by atoms with Crippen LogP contribution in [0.2, 0.25) is 0 Å². The van der Waals surface area contributed by atoms with Crippen molar-refractivity contribution in [2.45, 2.75) is 13.5 Å². The third-order valence-corrected chi connectivity index (χ3v) is 3.15. The van der Waals surface area contributed by atoms with Crippen molar-refractivity contribution in [3.63, 3.8) is 0 Å². The third-order valence-electron chi connectivity index (χ3n) is 3.15. The van der Waals surface area contributed by atoms with Crippen molar-refractivity contribution < 1.29 is 0 Å². The van der Waals surface area contributed by atoms with Crippen molar-refractivity contribution in [1.29, 1.82) is 0 Å². The average molecular weight is 264 g/mol. The molecule has 0 saturated heterocycles. The Bertz CT molecular complexity index is 753. The second-order valence-corrected chi connectivity index (χ2v) is 4.67. The van der Waals surface area contributed by atoms with Gasteiger partial charge in [-0.25, -0.2) is 4.98 Å². The minimum atomic E-state index is 0.728. The molecule has 0 spiro atoms. The molecular weight excluding hydrogens is 248 g/mol. The molecule has 0 fully saturated rings. The normalized spacial score (nSPS) is 10.7. The minimum absolute atomic E-state index is 0.728. The molecule has 0 aliphatic rings. The van der Waals surface area contributed by atoms with Gasteiger partial charge >= 0.3 is 0 Å². The zero-order valence-corrected chi connectivity index (χ0v) is 11.4. The number of rotatable bonds is 4. The van der Waals surface area contributed by atoms with Crippen LogP contribution in [0.1, 0.15) is 5.69 Å². The van der Waals surface area contributed by atoms with Crippen LogP contribution >= 0.6 is 0 Å². The van der Waals surface area contributed by atoms with Gasteiger partial charge in [0.2, 0.25) is 5.95 Å². The predicted molar refractivity (Wildman–Crippen MR) is 82.2 cm³/mol. The Hall–Kier alpha value is -2.62. The summed E-state index contributed by atoms with van der Waals surface area (Å²) in [5.41, 5.74) is 1.99. The molecule has 2 heterocycles. The van der Waals surface area contributed by atoms with E-state index in [2.05, 4.69) is 27.9 Å². The van der Waals surface area contributed by atoms with Crippen LogP contribution in [0.25, 0.3) is 10.8 Å². The summed E-state index contributed by atoms with van der Waals surface area (Å²) in [4.78, 5) is 8.71. The van der Waals surface area contributed by atoms with Crippen molar-refractivity contribution in [2.24, 2.45) is 0 Å². The highest BCUT2D eigenvalue weighted by Gasteiger charge is 2.07. The Labute approximate surface area is 117 Å². The number of imidazole rings is 1. The molecule has 3 aromatic rings. The lowest BCUT2D eigenvalue weighted by Crippen LogP contribution is -2.02. The van der Waals surface area contributed by atoms with Crippen LogP contribution in [-0.2, 0) is 6.54 Å². The SMILES string of the molecule is C=CCn1cc(C)nc1Nc1cccc2ccncc12. The zero-order chi connectivity index (χ0) is 13.9. The van der Waals surface area contributed by atoms with Crippen LogP contribution in [0, 0.1) is 6.92 Å². The first-order valence-electron chi connectivity index (χ1n) is 6.52. The maximum atomic E-state index is 4.52. The molecule has 0 aliphatic heterocycles. The second-order valence-electron chi connectivity index (χ2n) is 4.67. The summed E-state index contributed by atoms with van der Waals surface area (Å²) >= 11 is 0. The molecular formula is C16H16N4. The molecule has 20 heavy (non-hydrogen) atoms. The van der Waals surface area contributed by atoms with Gasteiger partial charge in [0.05, 0.1) is 11.4 Å². The molecule has 2 aromatic heterocycles. The number of benzene rings is 1. The van der Waals surface area contributed by atoms with E-state index in [9.17, 15) is 0 Å². The molecule has 0 amide bonds. The highest BCUT2D eigenvalue weighted by molar-refractivity contribution is 5.94. The molecule has 0 aliphatic carbocycles. The fraction of sp³-hybridized carbons (Fsp3) is 0.125. The molecule has 4 nitrogen and oxygen atoms in total. The fourth-order valence-electron chi connectivity index (χ4n) is 2.27. The molecule has 0 bridgehead atoms. The maximum Gasteiger partial charge on any atom is 0.207 e. The average Bonchev–Trinajstić information content (AvgIpc) is 2.80. The van der Waals surface area contributed by atoms with Gasteiger partial charge in [0.25, 0.3) is 0 Å². The van der Waals surface area contributed by atoms with E-state index in [0.717, 1.165) is 34.6 Å². The Kier molecular flexibility index (Phi) is 3.21. The van der Waals surface area contributed by atoms with E-state index < -0.39 is 0 Å². The van der Waals surface area contributed by atoms with Gasteiger partial charge in [0, 0.05) is 30.5 Å². The monoisotopic (exact) mass is 264 g/mol. The number of anilines is 2. The van der Waals surface area contributed by atoms with Crippen molar-refractivity contribution in [1.82, 2.24) is 14.5 Å². The summed E-state index contributed by atoms with van der Waals surface area (Å²) in [7, 11) is 0. The van der Waals surface area contributed by atoms with Crippen LogP contribution in [-0.4, -0.2) is 14.5 Å². The summed E-state index contributed by atoms with van der Waals surface area (Å²) in [6.45, 7) is 6.49. The zero-order valence-electron chi connectivity index (χ0n) is 11.4. The van der Waals surface area contributed by atoms with Crippen LogP contribution in [0.15, 0.2) is 55.5 Å². The molecule has 0 saturated carbocycles. The number of nitrogens with one attached hydrogen (secondary N) is 1. The van der Waals surface area contributed by atoms with E-state index in [1.807, 2.05) is 48.2 Å². The van der Waals surface area contributed by atoms with E-state index >= 15 is 0 Å². The quantitative estimate of drug-likeness (QED) is 0.731. The molecule has 100 valence electrons. The smallest absolute Gasteiger partial charge is 0.207 e. The van der Waals surface area contributed by atoms with Crippen molar-refractivity contribution in [3.05, 3.63) is 61.2 Å². The van der Waals surface area contributed by atoms with Crippen molar-refractivity contribution in [2.75, 3.05) is 5.32 Å². The number of hydrogen-bond donors (Lipinski definition) is 1. The third kappa shape index (κ3) is 2.28. The molecule has 1 N–H and O–H groups in total. The molecule has 4 heteroatoms. The van der Waals surface area contributed by atoms with Crippen LogP contribution < -0.4 is 5.32 Å². The van der Waals surface area contributed by atoms with E-state index in [1.165, 1.54) is 0 Å². The number of aryl methyl sites for hydroxylation is 1. The van der Waals surface area contributed by atoms with Crippen LogP contribution in [0.4, 0.5) is 11.6 Å². The summed E-state index contributed by atoms with van der Waals surface area (Å²) in [5.74, 6) is 0.818. The topological polar surface area (TPSA) is 42.7 Å². The number of hydrogen-bond acceptors (Lipinski definition) is 3. The lowest BCUT2D eigenvalue weighted by atomic mass is 10.1. The Morgan fingerprint density at radius 2 is 2.25 bits per heavy atom. The van der Waals surface area contributed by atoms with Gasteiger partial charge in [0.1, 0.15) is 0 Å². The number of nitrogens with zero attached hydrogens (tertiary/aromatic N) is 3. The Morgan fingerprint density at radius 1 is 1.35 bits per heavy atom. The summed E-state index contributed by atoms with van der Waals surface area (Å²) in [6.07, 6.45) is 7.53. The summed E-state index contributed by atoms with van der Waals surface area (Å²) < 4.78 is 2.04. The first-order valence-corrected chi connectivity index (χ1v) is 6.52. The van der Waals surface area contributed by atoms with Gasteiger partial charge in [-0.2, -0.15) is 0 Å².